The molecule has 4 nitrogen and oxygen atoms in total. The fourth-order valence-corrected chi connectivity index (χ4v) is 1.61. The third-order valence-corrected chi connectivity index (χ3v) is 2.69. The fraction of sp³-hybridized carbons (Fsp3) is 0.125. The van der Waals surface area contributed by atoms with E-state index in [-0.39, 0.29) is 5.75 Å². The molecular weight excluding hydrogens is 271 g/mol. The summed E-state index contributed by atoms with van der Waals surface area (Å²) in [7, 11) is 1.31. The molecule has 2 aromatic carbocycles. The Balaban J connectivity index is 2.01. The molecule has 2 aromatic rings. The third-order valence-electron chi connectivity index (χ3n) is 2.69. The van der Waals surface area contributed by atoms with Crippen molar-refractivity contribution in [1.82, 2.24) is 0 Å². The van der Waals surface area contributed by atoms with Crippen LogP contribution in [0.1, 0.15) is 16.7 Å². The molecule has 0 saturated heterocycles. The van der Waals surface area contributed by atoms with Gasteiger partial charge in [-0.05, 0) is 36.2 Å². The molecule has 0 aliphatic rings. The minimum atomic E-state index is -0.525. The van der Waals surface area contributed by atoms with E-state index in [4.69, 9.17) is 0 Å². The average molecular weight is 286 g/mol. The lowest BCUT2D eigenvalue weighted by Gasteiger charge is -2.02. The van der Waals surface area contributed by atoms with Crippen LogP contribution in [0.5, 0.6) is 5.75 Å². The normalized spacial score (nSPS) is 11.4. The van der Waals surface area contributed by atoms with E-state index in [1.54, 1.807) is 12.3 Å². The van der Waals surface area contributed by atoms with Crippen molar-refractivity contribution in [3.8, 4) is 5.75 Å². The lowest BCUT2D eigenvalue weighted by Crippen LogP contribution is -1.94. The molecule has 0 heterocycles. The van der Waals surface area contributed by atoms with E-state index >= 15 is 0 Å². The van der Waals surface area contributed by atoms with Gasteiger partial charge in [0.1, 0.15) is 0 Å². The zero-order valence-electron chi connectivity index (χ0n) is 11.8. The first kappa shape index (κ1) is 14.9. The van der Waals surface area contributed by atoms with Crippen molar-refractivity contribution in [2.45, 2.75) is 6.92 Å². The molecule has 2 rings (SSSR count). The molecule has 0 N–H and O–H groups in total. The van der Waals surface area contributed by atoms with Crippen LogP contribution in [-0.2, 0) is 4.89 Å². The van der Waals surface area contributed by atoms with Crippen molar-refractivity contribution >= 4 is 12.4 Å². The first-order valence-electron chi connectivity index (χ1n) is 6.32. The van der Waals surface area contributed by atoms with E-state index in [9.17, 15) is 4.39 Å². The predicted octanol–water partition coefficient (Wildman–Crippen LogP) is 3.53. The maximum atomic E-state index is 13.5. The maximum absolute atomic E-state index is 13.5. The smallest absolute Gasteiger partial charge is 0.200 e. The van der Waals surface area contributed by atoms with E-state index in [0.29, 0.717) is 5.56 Å². The molecule has 108 valence electrons. The first-order valence-corrected chi connectivity index (χ1v) is 6.32. The first-order chi connectivity index (χ1) is 10.2. The van der Waals surface area contributed by atoms with Gasteiger partial charge in [0.2, 0.25) is 5.75 Å². The Morgan fingerprint density at radius 1 is 0.952 bits per heavy atom. The Morgan fingerprint density at radius 3 is 2.19 bits per heavy atom. The Morgan fingerprint density at radius 2 is 1.57 bits per heavy atom. The maximum Gasteiger partial charge on any atom is 0.200 e. The zero-order valence-corrected chi connectivity index (χ0v) is 11.8. The van der Waals surface area contributed by atoms with E-state index < -0.39 is 5.82 Å². The summed E-state index contributed by atoms with van der Waals surface area (Å²) in [5.74, 6) is -0.499. The van der Waals surface area contributed by atoms with Crippen LogP contribution < -0.4 is 4.89 Å². The second kappa shape index (κ2) is 7.31. The quantitative estimate of drug-likeness (QED) is 0.479. The average Bonchev–Trinajstić information content (AvgIpc) is 2.48. The molecule has 0 unspecified atom stereocenters. The van der Waals surface area contributed by atoms with E-state index in [1.807, 2.05) is 31.2 Å². The second-order valence-electron chi connectivity index (χ2n) is 4.34. The van der Waals surface area contributed by atoms with Crippen molar-refractivity contribution in [2.24, 2.45) is 10.2 Å². The van der Waals surface area contributed by atoms with Gasteiger partial charge in [-0.1, -0.05) is 29.8 Å². The van der Waals surface area contributed by atoms with Crippen LogP contribution in [0.4, 0.5) is 4.39 Å². The molecule has 5 heteroatoms. The van der Waals surface area contributed by atoms with Gasteiger partial charge in [-0.2, -0.15) is 15.1 Å². The van der Waals surface area contributed by atoms with Gasteiger partial charge in [0.15, 0.2) is 5.82 Å². The number of hydrogen-bond donors (Lipinski definition) is 0. The largest absolute Gasteiger partial charge is 0.335 e. The predicted molar refractivity (Wildman–Crippen MR) is 80.4 cm³/mol. The highest BCUT2D eigenvalue weighted by atomic mass is 19.1. The molecule has 0 bridgehead atoms. The van der Waals surface area contributed by atoms with Gasteiger partial charge in [-0.3, -0.25) is 0 Å². The van der Waals surface area contributed by atoms with Crippen LogP contribution in [0.25, 0.3) is 0 Å². The van der Waals surface area contributed by atoms with Gasteiger partial charge in [0.25, 0.3) is 0 Å². The van der Waals surface area contributed by atoms with Gasteiger partial charge in [-0.15, -0.1) is 0 Å². The molecule has 0 aliphatic heterocycles. The van der Waals surface area contributed by atoms with Crippen molar-refractivity contribution in [2.75, 3.05) is 7.11 Å². The number of halogens is 1. The Kier molecular flexibility index (Phi) is 5.17. The Bertz CT molecular complexity index is 652. The van der Waals surface area contributed by atoms with Gasteiger partial charge < -0.3 is 4.89 Å². The third kappa shape index (κ3) is 4.50. The molecule has 0 radical (unpaired) electrons. The van der Waals surface area contributed by atoms with Crippen LogP contribution in [0.15, 0.2) is 52.7 Å². The molecule has 0 aliphatic carbocycles. The monoisotopic (exact) mass is 286 g/mol. The molecule has 0 spiro atoms. The van der Waals surface area contributed by atoms with E-state index in [1.165, 1.54) is 31.0 Å². The van der Waals surface area contributed by atoms with Crippen LogP contribution in [-0.4, -0.2) is 19.5 Å². The summed E-state index contributed by atoms with van der Waals surface area (Å²) in [6.07, 6.45) is 3.10. The van der Waals surface area contributed by atoms with Crippen LogP contribution >= 0.6 is 0 Å². The van der Waals surface area contributed by atoms with Crippen molar-refractivity contribution in [3.05, 3.63) is 65.0 Å². The highest BCUT2D eigenvalue weighted by Crippen LogP contribution is 2.17. The van der Waals surface area contributed by atoms with Crippen molar-refractivity contribution < 1.29 is 14.2 Å². The molecular formula is C16H15FN2O2. The summed E-state index contributed by atoms with van der Waals surface area (Å²) in [5, 5.41) is 7.80. The van der Waals surface area contributed by atoms with Crippen LogP contribution in [0.2, 0.25) is 0 Å². The Hall–Kier alpha value is -2.53. The minimum absolute atomic E-state index is 0.0257. The van der Waals surface area contributed by atoms with Crippen molar-refractivity contribution in [3.63, 3.8) is 0 Å². The summed E-state index contributed by atoms with van der Waals surface area (Å²) < 4.78 is 13.5. The van der Waals surface area contributed by atoms with Gasteiger partial charge >= 0.3 is 0 Å². The highest BCUT2D eigenvalue weighted by Gasteiger charge is 2.03. The molecule has 0 saturated carbocycles. The fourth-order valence-electron chi connectivity index (χ4n) is 1.61. The Labute approximate surface area is 122 Å². The van der Waals surface area contributed by atoms with Gasteiger partial charge in [0, 0.05) is 0 Å². The molecule has 0 atom stereocenters. The number of aryl methyl sites for hydroxylation is 1. The second-order valence-corrected chi connectivity index (χ2v) is 4.34. The summed E-state index contributed by atoms with van der Waals surface area (Å²) in [6.45, 7) is 2.02. The molecule has 0 aromatic heterocycles. The zero-order chi connectivity index (χ0) is 15.1. The van der Waals surface area contributed by atoms with E-state index in [2.05, 4.69) is 20.0 Å². The summed E-state index contributed by atoms with van der Waals surface area (Å²) in [6, 6.07) is 12.3. The molecule has 21 heavy (non-hydrogen) atoms. The summed E-state index contributed by atoms with van der Waals surface area (Å²) in [5.41, 5.74) is 2.72. The lowest BCUT2D eigenvalue weighted by molar-refractivity contribution is -0.180. The van der Waals surface area contributed by atoms with Crippen molar-refractivity contribution in [1.29, 1.82) is 0 Å². The number of hydrogen-bond acceptors (Lipinski definition) is 4. The molecule has 0 amide bonds. The van der Waals surface area contributed by atoms with Gasteiger partial charge in [-0.25, -0.2) is 4.39 Å². The minimum Gasteiger partial charge on any atom is -0.335 e. The van der Waals surface area contributed by atoms with E-state index in [0.717, 1.165) is 5.56 Å². The number of benzene rings is 2. The lowest BCUT2D eigenvalue weighted by atomic mass is 10.2. The highest BCUT2D eigenvalue weighted by molar-refractivity contribution is 5.82. The SMILES string of the molecule is COOc1ccc(C=NN=Cc2ccc(C)cc2)cc1F. The summed E-state index contributed by atoms with van der Waals surface area (Å²) >= 11 is 0. The molecule has 0 fully saturated rings. The topological polar surface area (TPSA) is 43.2 Å². The van der Waals surface area contributed by atoms with Crippen LogP contribution in [0.3, 0.4) is 0 Å². The number of nitrogens with zero attached hydrogens (tertiary/aromatic N) is 2. The van der Waals surface area contributed by atoms with Gasteiger partial charge in [0.05, 0.1) is 19.5 Å². The van der Waals surface area contributed by atoms with Crippen LogP contribution in [0, 0.1) is 12.7 Å². The number of rotatable bonds is 5. The standard InChI is InChI=1S/C16H15FN2O2/c1-12-3-5-13(6-4-12)10-18-19-11-14-7-8-16(21-20-2)15(17)9-14/h3-11H,1-2H3. The summed E-state index contributed by atoms with van der Waals surface area (Å²) in [4.78, 5) is 9.04.